The predicted molar refractivity (Wildman–Crippen MR) is 40.6 cm³/mol. The Balaban J connectivity index is 2.40. The van der Waals surface area contributed by atoms with E-state index in [4.69, 9.17) is 17.3 Å². The van der Waals surface area contributed by atoms with Gasteiger partial charge in [0.1, 0.15) is 0 Å². The topological polar surface area (TPSA) is 26.0 Å². The maximum atomic E-state index is 5.85. The fraction of sp³-hybridized carbons (Fsp3) is 0.714. The maximum Gasteiger partial charge on any atom is 0.0373 e. The van der Waals surface area contributed by atoms with E-state index >= 15 is 0 Å². The highest BCUT2D eigenvalue weighted by molar-refractivity contribution is 6.20. The second-order valence-corrected chi connectivity index (χ2v) is 3.06. The van der Waals surface area contributed by atoms with E-state index in [1.54, 1.807) is 0 Å². The normalized spacial score (nSPS) is 27.8. The van der Waals surface area contributed by atoms with Crippen LogP contribution in [0, 0.1) is 0 Å². The van der Waals surface area contributed by atoms with E-state index < -0.39 is 0 Å². The smallest absolute Gasteiger partial charge is 0.0373 e. The minimum atomic E-state index is 0.361. The van der Waals surface area contributed by atoms with Crippen molar-refractivity contribution in [2.45, 2.75) is 24.6 Å². The van der Waals surface area contributed by atoms with E-state index in [9.17, 15) is 0 Å². The summed E-state index contributed by atoms with van der Waals surface area (Å²) in [5.41, 5.74) is 6.80. The van der Waals surface area contributed by atoms with Crippen molar-refractivity contribution < 1.29 is 0 Å². The fourth-order valence-corrected chi connectivity index (χ4v) is 1.24. The molecule has 2 heteroatoms. The molecule has 0 heterocycles. The monoisotopic (exact) mass is 145 g/mol. The van der Waals surface area contributed by atoms with Crippen molar-refractivity contribution in [2.24, 2.45) is 5.73 Å². The highest BCUT2D eigenvalue weighted by Gasteiger charge is 2.09. The minimum absolute atomic E-state index is 0.361. The number of alkyl halides is 1. The zero-order valence-corrected chi connectivity index (χ0v) is 6.19. The largest absolute Gasteiger partial charge is 0.327 e. The Labute approximate surface area is 60.9 Å². The third kappa shape index (κ3) is 1.99. The molecule has 0 aliphatic heterocycles. The lowest BCUT2D eigenvalue weighted by Gasteiger charge is -2.14. The molecule has 0 aromatic rings. The molecule has 0 bridgehead atoms. The summed E-state index contributed by atoms with van der Waals surface area (Å²) in [7, 11) is 0. The molecule has 0 amide bonds. The van der Waals surface area contributed by atoms with Gasteiger partial charge in [0.15, 0.2) is 0 Å². The Morgan fingerprint density at radius 2 is 2.56 bits per heavy atom. The number of nitrogens with two attached hydrogens (primary N) is 1. The molecule has 0 aromatic carbocycles. The van der Waals surface area contributed by atoms with Crippen LogP contribution in [0.25, 0.3) is 0 Å². The molecule has 0 spiro atoms. The predicted octanol–water partition coefficient (Wildman–Crippen LogP) is 1.66. The zero-order chi connectivity index (χ0) is 6.69. The molecule has 1 atom stereocenters. The summed E-state index contributed by atoms with van der Waals surface area (Å²) in [6, 6.07) is 0. The molecule has 9 heavy (non-hydrogen) atoms. The van der Waals surface area contributed by atoms with Gasteiger partial charge in [-0.2, -0.15) is 0 Å². The van der Waals surface area contributed by atoms with Crippen molar-refractivity contribution in [1.82, 2.24) is 0 Å². The first-order valence-corrected chi connectivity index (χ1v) is 3.78. The fourth-order valence-electron chi connectivity index (χ4n) is 1.04. The molecular weight excluding hydrogens is 134 g/mol. The van der Waals surface area contributed by atoms with Gasteiger partial charge in [0.05, 0.1) is 0 Å². The first kappa shape index (κ1) is 7.10. The lowest BCUT2D eigenvalue weighted by Crippen LogP contribution is -2.10. The van der Waals surface area contributed by atoms with Gasteiger partial charge in [0.2, 0.25) is 0 Å². The standard InChI is InChI=1S/C7H12ClN/c8-7-3-1-6(5-9)2-4-7/h1,7H,2-5,9H2. The molecule has 1 unspecified atom stereocenters. The van der Waals surface area contributed by atoms with Crippen LogP contribution in [-0.4, -0.2) is 11.9 Å². The Hall–Kier alpha value is -0.0100. The number of rotatable bonds is 1. The van der Waals surface area contributed by atoms with E-state index in [1.807, 2.05) is 0 Å². The molecule has 1 aliphatic rings. The molecule has 1 nitrogen and oxygen atoms in total. The lowest BCUT2D eigenvalue weighted by molar-refractivity contribution is 0.699. The highest BCUT2D eigenvalue weighted by atomic mass is 35.5. The molecule has 52 valence electrons. The Kier molecular flexibility index (Phi) is 2.55. The molecule has 2 N–H and O–H groups in total. The third-order valence-corrected chi connectivity index (χ3v) is 2.10. The van der Waals surface area contributed by atoms with Gasteiger partial charge in [0.25, 0.3) is 0 Å². The van der Waals surface area contributed by atoms with Crippen LogP contribution < -0.4 is 5.73 Å². The van der Waals surface area contributed by atoms with Gasteiger partial charge >= 0.3 is 0 Å². The van der Waals surface area contributed by atoms with Gasteiger partial charge < -0.3 is 5.73 Å². The number of hydrogen-bond donors (Lipinski definition) is 1. The summed E-state index contributed by atoms with van der Waals surface area (Å²) in [4.78, 5) is 0. The Bertz CT molecular complexity index is 120. The van der Waals surface area contributed by atoms with Crippen molar-refractivity contribution in [2.75, 3.05) is 6.54 Å². The van der Waals surface area contributed by atoms with Crippen molar-refractivity contribution in [3.8, 4) is 0 Å². The van der Waals surface area contributed by atoms with Crippen molar-refractivity contribution >= 4 is 11.6 Å². The van der Waals surface area contributed by atoms with Crippen LogP contribution in [-0.2, 0) is 0 Å². The summed E-state index contributed by atoms with van der Waals surface area (Å²) in [6.07, 6.45) is 5.38. The highest BCUT2D eigenvalue weighted by Crippen LogP contribution is 2.20. The van der Waals surface area contributed by atoms with E-state index in [0.717, 1.165) is 19.3 Å². The molecular formula is C7H12ClN. The number of allylic oxidation sites excluding steroid dienone is 1. The minimum Gasteiger partial charge on any atom is -0.327 e. The van der Waals surface area contributed by atoms with E-state index in [2.05, 4.69) is 6.08 Å². The molecule has 0 saturated carbocycles. The van der Waals surface area contributed by atoms with Crippen LogP contribution in [0.5, 0.6) is 0 Å². The number of halogens is 1. The maximum absolute atomic E-state index is 5.85. The van der Waals surface area contributed by atoms with Gasteiger partial charge in [-0.1, -0.05) is 11.6 Å². The first-order valence-electron chi connectivity index (χ1n) is 3.35. The SMILES string of the molecule is NCC1=CCC(Cl)CC1. The number of hydrogen-bond acceptors (Lipinski definition) is 1. The van der Waals surface area contributed by atoms with Crippen molar-refractivity contribution in [3.63, 3.8) is 0 Å². The average Bonchev–Trinajstić information content (AvgIpc) is 1.90. The van der Waals surface area contributed by atoms with Crippen molar-refractivity contribution in [1.29, 1.82) is 0 Å². The quantitative estimate of drug-likeness (QED) is 0.441. The van der Waals surface area contributed by atoms with Gasteiger partial charge in [-0.05, 0) is 19.3 Å². The van der Waals surface area contributed by atoms with Gasteiger partial charge in [-0.15, -0.1) is 11.6 Å². The van der Waals surface area contributed by atoms with Crippen LogP contribution in [0.15, 0.2) is 11.6 Å². The van der Waals surface area contributed by atoms with E-state index in [0.29, 0.717) is 11.9 Å². The van der Waals surface area contributed by atoms with Crippen molar-refractivity contribution in [3.05, 3.63) is 11.6 Å². The molecule has 0 radical (unpaired) electrons. The Morgan fingerprint density at radius 1 is 1.78 bits per heavy atom. The molecule has 1 rings (SSSR count). The summed E-state index contributed by atoms with van der Waals surface area (Å²) >= 11 is 5.85. The van der Waals surface area contributed by atoms with Crippen LogP contribution in [0.3, 0.4) is 0 Å². The second-order valence-electron chi connectivity index (χ2n) is 2.44. The lowest BCUT2D eigenvalue weighted by atomic mass is 9.99. The second kappa shape index (κ2) is 3.23. The van der Waals surface area contributed by atoms with Crippen LogP contribution in [0.2, 0.25) is 0 Å². The first-order chi connectivity index (χ1) is 4.33. The van der Waals surface area contributed by atoms with Gasteiger partial charge in [-0.25, -0.2) is 0 Å². The van der Waals surface area contributed by atoms with Gasteiger partial charge in [0, 0.05) is 11.9 Å². The Morgan fingerprint density at radius 3 is 3.00 bits per heavy atom. The molecule has 1 aliphatic carbocycles. The van der Waals surface area contributed by atoms with Gasteiger partial charge in [-0.3, -0.25) is 0 Å². The van der Waals surface area contributed by atoms with E-state index in [-0.39, 0.29) is 0 Å². The summed E-state index contributed by atoms with van der Waals surface area (Å²) in [5.74, 6) is 0. The van der Waals surface area contributed by atoms with Crippen LogP contribution in [0.1, 0.15) is 19.3 Å². The summed E-state index contributed by atoms with van der Waals surface area (Å²) in [5, 5.41) is 0.361. The van der Waals surface area contributed by atoms with Crippen LogP contribution >= 0.6 is 11.6 Å². The zero-order valence-electron chi connectivity index (χ0n) is 5.44. The molecule has 0 aromatic heterocycles. The average molecular weight is 146 g/mol. The summed E-state index contributed by atoms with van der Waals surface area (Å²) < 4.78 is 0. The molecule has 0 fully saturated rings. The molecule has 0 saturated heterocycles. The van der Waals surface area contributed by atoms with E-state index in [1.165, 1.54) is 5.57 Å². The summed E-state index contributed by atoms with van der Waals surface area (Å²) in [6.45, 7) is 0.712. The third-order valence-electron chi connectivity index (χ3n) is 1.70. The van der Waals surface area contributed by atoms with Crippen LogP contribution in [0.4, 0.5) is 0 Å².